The summed E-state index contributed by atoms with van der Waals surface area (Å²) in [6, 6.07) is -0.377. The maximum absolute atomic E-state index is 12.2. The van der Waals surface area contributed by atoms with Crippen molar-refractivity contribution in [1.82, 2.24) is 10.2 Å². The fourth-order valence-corrected chi connectivity index (χ4v) is 2.74. The molecule has 5 nitrogen and oxygen atoms in total. The average Bonchev–Trinajstić information content (AvgIpc) is 2.46. The molecule has 1 aliphatic rings. The largest absolute Gasteiger partial charge is 0.344 e. The Balaban J connectivity index is 2.69. The Morgan fingerprint density at radius 3 is 2.72 bits per heavy atom. The van der Waals surface area contributed by atoms with Crippen LogP contribution in [0.3, 0.4) is 0 Å². The Morgan fingerprint density at radius 2 is 2.17 bits per heavy atom. The molecule has 6 heteroatoms. The molecular formula is C12H22N2O3S. The summed E-state index contributed by atoms with van der Waals surface area (Å²) in [7, 11) is -0.844. The summed E-state index contributed by atoms with van der Waals surface area (Å²) in [6.07, 6.45) is 3.33. The SMILES string of the molecule is CCC1NC(=O)CCN(C(C)CCS(C)=O)C1=O. The van der Waals surface area contributed by atoms with Crippen LogP contribution in [-0.4, -0.2) is 51.6 Å². The van der Waals surface area contributed by atoms with Gasteiger partial charge in [0.2, 0.25) is 11.8 Å². The van der Waals surface area contributed by atoms with Crippen LogP contribution in [0.5, 0.6) is 0 Å². The molecule has 3 unspecified atom stereocenters. The maximum Gasteiger partial charge on any atom is 0.245 e. The highest BCUT2D eigenvalue weighted by molar-refractivity contribution is 7.84. The minimum atomic E-state index is -0.844. The van der Waals surface area contributed by atoms with Gasteiger partial charge in [0, 0.05) is 41.8 Å². The number of carbonyl (C=O) groups excluding carboxylic acids is 2. The molecule has 1 saturated heterocycles. The van der Waals surface area contributed by atoms with Crippen molar-refractivity contribution in [3.8, 4) is 0 Å². The van der Waals surface area contributed by atoms with E-state index in [2.05, 4.69) is 5.32 Å². The Kier molecular flexibility index (Phi) is 5.78. The van der Waals surface area contributed by atoms with E-state index in [4.69, 9.17) is 0 Å². The van der Waals surface area contributed by atoms with E-state index in [1.807, 2.05) is 13.8 Å². The van der Waals surface area contributed by atoms with Gasteiger partial charge in [0.15, 0.2) is 0 Å². The number of hydrogen-bond donors (Lipinski definition) is 1. The topological polar surface area (TPSA) is 66.5 Å². The van der Waals surface area contributed by atoms with E-state index in [9.17, 15) is 13.8 Å². The number of amides is 2. The number of rotatable bonds is 5. The molecule has 0 bridgehead atoms. The lowest BCUT2D eigenvalue weighted by atomic mass is 10.1. The first kappa shape index (κ1) is 15.1. The van der Waals surface area contributed by atoms with Crippen molar-refractivity contribution in [3.05, 3.63) is 0 Å². The lowest BCUT2D eigenvalue weighted by Crippen LogP contribution is -2.47. The van der Waals surface area contributed by atoms with Crippen molar-refractivity contribution in [1.29, 1.82) is 0 Å². The summed E-state index contributed by atoms with van der Waals surface area (Å²) in [5.41, 5.74) is 0. The second-order valence-electron chi connectivity index (χ2n) is 4.72. The van der Waals surface area contributed by atoms with Gasteiger partial charge < -0.3 is 10.2 Å². The molecular weight excluding hydrogens is 252 g/mol. The molecule has 1 rings (SSSR count). The lowest BCUT2D eigenvalue weighted by molar-refractivity contribution is -0.135. The van der Waals surface area contributed by atoms with Gasteiger partial charge in [-0.2, -0.15) is 0 Å². The van der Waals surface area contributed by atoms with E-state index in [0.29, 0.717) is 31.6 Å². The highest BCUT2D eigenvalue weighted by Gasteiger charge is 2.30. The Morgan fingerprint density at radius 1 is 1.50 bits per heavy atom. The third-order valence-corrected chi connectivity index (χ3v) is 4.07. The fourth-order valence-electron chi connectivity index (χ4n) is 2.07. The minimum absolute atomic E-state index is 0.0160. The van der Waals surface area contributed by atoms with E-state index in [0.717, 1.165) is 0 Å². The second kappa shape index (κ2) is 6.87. The quantitative estimate of drug-likeness (QED) is 0.782. The molecule has 0 spiro atoms. The van der Waals surface area contributed by atoms with Crippen LogP contribution in [0.4, 0.5) is 0 Å². The molecule has 1 N–H and O–H groups in total. The van der Waals surface area contributed by atoms with Crippen LogP contribution < -0.4 is 5.32 Å². The van der Waals surface area contributed by atoms with Gasteiger partial charge in [-0.25, -0.2) is 0 Å². The zero-order valence-electron chi connectivity index (χ0n) is 11.3. The van der Waals surface area contributed by atoms with Gasteiger partial charge >= 0.3 is 0 Å². The van der Waals surface area contributed by atoms with E-state index in [1.165, 1.54) is 0 Å². The van der Waals surface area contributed by atoms with Crippen molar-refractivity contribution in [2.45, 2.75) is 45.2 Å². The zero-order chi connectivity index (χ0) is 13.7. The molecule has 0 aromatic rings. The predicted molar refractivity (Wildman–Crippen MR) is 71.6 cm³/mol. The van der Waals surface area contributed by atoms with Gasteiger partial charge in [-0.1, -0.05) is 6.92 Å². The Labute approximate surface area is 111 Å². The van der Waals surface area contributed by atoms with Gasteiger partial charge in [0.25, 0.3) is 0 Å². The Bertz CT molecular complexity index is 346. The minimum Gasteiger partial charge on any atom is -0.344 e. The van der Waals surface area contributed by atoms with Crippen LogP contribution in [0, 0.1) is 0 Å². The highest BCUT2D eigenvalue weighted by Crippen LogP contribution is 2.12. The van der Waals surface area contributed by atoms with Crippen molar-refractivity contribution >= 4 is 22.6 Å². The maximum atomic E-state index is 12.2. The summed E-state index contributed by atoms with van der Waals surface area (Å²) in [5, 5.41) is 2.74. The predicted octanol–water partition coefficient (Wildman–Crippen LogP) is 0.271. The summed E-state index contributed by atoms with van der Waals surface area (Å²) in [4.78, 5) is 25.5. The van der Waals surface area contributed by atoms with Crippen molar-refractivity contribution < 1.29 is 13.8 Å². The van der Waals surface area contributed by atoms with Crippen LogP contribution in [0.1, 0.15) is 33.1 Å². The third-order valence-electron chi connectivity index (χ3n) is 3.26. The molecule has 1 aliphatic heterocycles. The summed E-state index contributed by atoms with van der Waals surface area (Å²) < 4.78 is 11.1. The van der Waals surface area contributed by atoms with Crippen molar-refractivity contribution in [2.75, 3.05) is 18.6 Å². The van der Waals surface area contributed by atoms with Gasteiger partial charge in [-0.3, -0.25) is 13.8 Å². The molecule has 104 valence electrons. The van der Waals surface area contributed by atoms with Crippen LogP contribution >= 0.6 is 0 Å². The molecule has 0 aromatic heterocycles. The molecule has 3 atom stereocenters. The molecule has 0 aromatic carbocycles. The first-order chi connectivity index (χ1) is 8.45. The van der Waals surface area contributed by atoms with Gasteiger partial charge in [-0.05, 0) is 19.8 Å². The molecule has 1 heterocycles. The monoisotopic (exact) mass is 274 g/mol. The molecule has 18 heavy (non-hydrogen) atoms. The molecule has 0 radical (unpaired) electrons. The fraction of sp³-hybridized carbons (Fsp3) is 0.833. The number of nitrogens with zero attached hydrogens (tertiary/aromatic N) is 1. The van der Waals surface area contributed by atoms with E-state index in [-0.39, 0.29) is 17.9 Å². The standard InChI is InChI=1S/C12H22N2O3S/c1-4-10-12(16)14(7-5-11(15)13-10)9(2)6-8-18(3)17/h9-10H,4-8H2,1-3H3,(H,13,15). The molecule has 0 saturated carbocycles. The normalized spacial score (nSPS) is 24.4. The summed E-state index contributed by atoms with van der Waals surface area (Å²) in [6.45, 7) is 4.30. The zero-order valence-corrected chi connectivity index (χ0v) is 12.1. The second-order valence-corrected chi connectivity index (χ2v) is 6.28. The van der Waals surface area contributed by atoms with Crippen molar-refractivity contribution in [2.24, 2.45) is 0 Å². The van der Waals surface area contributed by atoms with Crippen LogP contribution in [0.25, 0.3) is 0 Å². The van der Waals surface area contributed by atoms with Crippen LogP contribution in [0.15, 0.2) is 0 Å². The van der Waals surface area contributed by atoms with Crippen molar-refractivity contribution in [3.63, 3.8) is 0 Å². The average molecular weight is 274 g/mol. The summed E-state index contributed by atoms with van der Waals surface area (Å²) in [5.74, 6) is 0.505. The molecule has 2 amide bonds. The smallest absolute Gasteiger partial charge is 0.245 e. The van der Waals surface area contributed by atoms with Crippen LogP contribution in [0.2, 0.25) is 0 Å². The van der Waals surface area contributed by atoms with E-state index in [1.54, 1.807) is 11.2 Å². The lowest BCUT2D eigenvalue weighted by Gasteiger charge is -2.29. The first-order valence-electron chi connectivity index (χ1n) is 6.35. The molecule has 0 aliphatic carbocycles. The van der Waals surface area contributed by atoms with Gasteiger partial charge in [0.05, 0.1) is 0 Å². The Hall–Kier alpha value is -0.910. The van der Waals surface area contributed by atoms with Gasteiger partial charge in [-0.15, -0.1) is 0 Å². The van der Waals surface area contributed by atoms with Gasteiger partial charge in [0.1, 0.15) is 6.04 Å². The molecule has 1 fully saturated rings. The summed E-state index contributed by atoms with van der Waals surface area (Å²) >= 11 is 0. The number of carbonyl (C=O) groups is 2. The number of hydrogen-bond acceptors (Lipinski definition) is 3. The first-order valence-corrected chi connectivity index (χ1v) is 8.08. The van der Waals surface area contributed by atoms with E-state index >= 15 is 0 Å². The highest BCUT2D eigenvalue weighted by atomic mass is 32.2. The van der Waals surface area contributed by atoms with Crippen LogP contribution in [-0.2, 0) is 20.4 Å². The third kappa shape index (κ3) is 4.08. The van der Waals surface area contributed by atoms with E-state index < -0.39 is 16.8 Å². The number of nitrogens with one attached hydrogen (secondary N) is 1.